The van der Waals surface area contributed by atoms with Gasteiger partial charge in [0.15, 0.2) is 11.5 Å². The maximum Gasteiger partial charge on any atom is 0.293 e. The molecule has 2 N–H and O–H groups in total. The van der Waals surface area contributed by atoms with Gasteiger partial charge in [-0.2, -0.15) is 5.16 Å². The molecule has 124 valence electrons. The van der Waals surface area contributed by atoms with Crippen LogP contribution in [0.5, 0.6) is 11.5 Å². The molecule has 0 aliphatic heterocycles. The Morgan fingerprint density at radius 3 is 2.74 bits per heavy atom. The lowest BCUT2D eigenvalue weighted by Crippen LogP contribution is -2.27. The highest BCUT2D eigenvalue weighted by molar-refractivity contribution is 6.32. The molecule has 0 aliphatic rings. The van der Waals surface area contributed by atoms with Gasteiger partial charge in [-0.25, -0.2) is 0 Å². The number of aryl methyl sites for hydroxylation is 1. The van der Waals surface area contributed by atoms with Crippen molar-refractivity contribution in [2.75, 3.05) is 13.7 Å². The van der Waals surface area contributed by atoms with Crippen LogP contribution in [0.1, 0.15) is 28.6 Å². The average Bonchev–Trinajstić information content (AvgIpc) is 2.86. The second kappa shape index (κ2) is 7.23. The molecule has 1 amide bonds. The fourth-order valence-corrected chi connectivity index (χ4v) is 2.37. The maximum absolute atomic E-state index is 12.0. The fraction of sp³-hybridized carbons (Fsp3) is 0.333. The first-order valence-corrected chi connectivity index (χ1v) is 7.31. The first kappa shape index (κ1) is 17.0. The van der Waals surface area contributed by atoms with E-state index in [9.17, 15) is 9.59 Å². The van der Waals surface area contributed by atoms with E-state index in [1.165, 1.54) is 14.0 Å². The van der Waals surface area contributed by atoms with Crippen LogP contribution in [0, 0.1) is 6.92 Å². The Kier molecular flexibility index (Phi) is 5.33. The zero-order chi connectivity index (χ0) is 17.0. The number of halogens is 1. The van der Waals surface area contributed by atoms with Crippen molar-refractivity contribution < 1.29 is 18.8 Å². The number of aromatic nitrogens is 1. The van der Waals surface area contributed by atoms with Crippen molar-refractivity contribution >= 4 is 17.5 Å². The number of methoxy groups -OCH3 is 1. The van der Waals surface area contributed by atoms with Crippen LogP contribution in [0.25, 0.3) is 0 Å². The lowest BCUT2D eigenvalue weighted by molar-refractivity contribution is 0.0948. The summed E-state index contributed by atoms with van der Waals surface area (Å²) in [4.78, 5) is 23.5. The molecule has 0 unspecified atom stereocenters. The Hall–Kier alpha value is -2.41. The first-order chi connectivity index (χ1) is 11.0. The summed E-state index contributed by atoms with van der Waals surface area (Å²) >= 11 is 6.17. The van der Waals surface area contributed by atoms with Gasteiger partial charge in [0.25, 0.3) is 11.5 Å². The molecule has 1 aromatic carbocycles. The Balaban J connectivity index is 2.16. The van der Waals surface area contributed by atoms with Crippen LogP contribution in [0.4, 0.5) is 0 Å². The molecule has 2 aromatic rings. The molecule has 2 rings (SSSR count). The molecule has 0 fully saturated rings. The van der Waals surface area contributed by atoms with Gasteiger partial charge >= 0.3 is 0 Å². The lowest BCUT2D eigenvalue weighted by Gasteiger charge is -2.13. The zero-order valence-corrected chi connectivity index (χ0v) is 13.7. The summed E-state index contributed by atoms with van der Waals surface area (Å²) in [5, 5.41) is 5.14. The Bertz CT molecular complexity index is 766. The molecule has 0 radical (unpaired) electrons. The van der Waals surface area contributed by atoms with Gasteiger partial charge in [0.2, 0.25) is 0 Å². The van der Waals surface area contributed by atoms with Crippen LogP contribution < -0.4 is 20.3 Å². The number of rotatable bonds is 6. The topological polar surface area (TPSA) is 93.6 Å². The van der Waals surface area contributed by atoms with Crippen molar-refractivity contribution in [2.45, 2.75) is 20.4 Å². The van der Waals surface area contributed by atoms with Gasteiger partial charge in [-0.05, 0) is 31.5 Å². The van der Waals surface area contributed by atoms with Gasteiger partial charge in [0.05, 0.1) is 18.7 Å². The molecule has 0 saturated heterocycles. The summed E-state index contributed by atoms with van der Waals surface area (Å²) in [5.74, 6) is 0.631. The molecular weight excluding hydrogens is 324 g/mol. The predicted molar refractivity (Wildman–Crippen MR) is 84.4 cm³/mol. The third kappa shape index (κ3) is 3.68. The summed E-state index contributed by atoms with van der Waals surface area (Å²) in [5.41, 5.74) is 0.0949. The highest BCUT2D eigenvalue weighted by Gasteiger charge is 2.18. The normalized spacial score (nSPS) is 10.4. The molecule has 0 bridgehead atoms. The van der Waals surface area contributed by atoms with Crippen LogP contribution in [0.2, 0.25) is 5.02 Å². The molecule has 1 heterocycles. The predicted octanol–water partition coefficient (Wildman–Crippen LogP) is 2.27. The van der Waals surface area contributed by atoms with E-state index < -0.39 is 11.5 Å². The Labute approximate surface area is 137 Å². The van der Waals surface area contributed by atoms with Crippen molar-refractivity contribution in [1.82, 2.24) is 10.5 Å². The number of hydrogen-bond acceptors (Lipinski definition) is 5. The highest BCUT2D eigenvalue weighted by Crippen LogP contribution is 2.36. The zero-order valence-electron chi connectivity index (χ0n) is 13.0. The summed E-state index contributed by atoms with van der Waals surface area (Å²) in [6.45, 7) is 4.00. The second-order valence-electron chi connectivity index (χ2n) is 4.69. The number of hydrogen-bond donors (Lipinski definition) is 2. The van der Waals surface area contributed by atoms with Crippen LogP contribution in [0.3, 0.4) is 0 Å². The molecule has 0 spiro atoms. The largest absolute Gasteiger partial charge is 0.493 e. The molecular formula is C15H17ClN2O5. The quantitative estimate of drug-likeness (QED) is 0.841. The van der Waals surface area contributed by atoms with Crippen LogP contribution in [-0.4, -0.2) is 24.8 Å². The standard InChI is InChI=1S/C15H17ClN2O5/c1-4-22-13-10(16)5-9(6-11(13)21-3)7-17-14(19)12-8(2)23-18-15(12)20/h5-6H,4,7H2,1-3H3,(H,17,19)(H,18,20). The van der Waals surface area contributed by atoms with Gasteiger partial charge in [-0.3, -0.25) is 9.59 Å². The number of carbonyl (C=O) groups excluding carboxylic acids is 1. The molecule has 8 heteroatoms. The number of benzene rings is 1. The smallest absolute Gasteiger partial charge is 0.293 e. The molecule has 23 heavy (non-hydrogen) atoms. The van der Waals surface area contributed by atoms with E-state index >= 15 is 0 Å². The monoisotopic (exact) mass is 340 g/mol. The summed E-state index contributed by atoms with van der Waals surface area (Å²) in [6, 6.07) is 3.38. The minimum absolute atomic E-state index is 0.0472. The van der Waals surface area contributed by atoms with Crippen LogP contribution in [0.15, 0.2) is 21.5 Å². The van der Waals surface area contributed by atoms with Gasteiger partial charge in [-0.1, -0.05) is 11.6 Å². The Morgan fingerprint density at radius 2 is 2.17 bits per heavy atom. The van der Waals surface area contributed by atoms with E-state index in [0.717, 1.165) is 0 Å². The van der Waals surface area contributed by atoms with Gasteiger partial charge in [0.1, 0.15) is 11.3 Å². The first-order valence-electron chi connectivity index (χ1n) is 6.93. The maximum atomic E-state index is 12.0. The second-order valence-corrected chi connectivity index (χ2v) is 5.10. The van der Waals surface area contributed by atoms with E-state index in [1.54, 1.807) is 12.1 Å². The third-order valence-corrected chi connectivity index (χ3v) is 3.41. The minimum atomic E-state index is -0.567. The molecule has 7 nitrogen and oxygen atoms in total. The number of H-pyrrole nitrogens is 1. The number of ether oxygens (including phenoxy) is 2. The van der Waals surface area contributed by atoms with Gasteiger partial charge < -0.3 is 19.3 Å². The van der Waals surface area contributed by atoms with E-state index in [1.807, 2.05) is 6.92 Å². The van der Waals surface area contributed by atoms with E-state index in [-0.39, 0.29) is 17.9 Å². The average molecular weight is 341 g/mol. The van der Waals surface area contributed by atoms with Crippen LogP contribution in [-0.2, 0) is 6.54 Å². The van der Waals surface area contributed by atoms with E-state index in [4.69, 9.17) is 25.6 Å². The van der Waals surface area contributed by atoms with Crippen molar-refractivity contribution in [2.24, 2.45) is 0 Å². The summed E-state index contributed by atoms with van der Waals surface area (Å²) in [6.07, 6.45) is 0. The van der Waals surface area contributed by atoms with Crippen molar-refractivity contribution in [3.63, 3.8) is 0 Å². The molecule has 1 aromatic heterocycles. The van der Waals surface area contributed by atoms with Gasteiger partial charge in [-0.15, -0.1) is 0 Å². The number of carbonyl (C=O) groups is 1. The number of amides is 1. The van der Waals surface area contributed by atoms with Crippen molar-refractivity contribution in [3.8, 4) is 11.5 Å². The van der Waals surface area contributed by atoms with Gasteiger partial charge in [0, 0.05) is 6.54 Å². The third-order valence-electron chi connectivity index (χ3n) is 3.13. The fourth-order valence-electron chi connectivity index (χ4n) is 2.08. The minimum Gasteiger partial charge on any atom is -0.493 e. The Morgan fingerprint density at radius 1 is 1.43 bits per heavy atom. The molecule has 0 saturated carbocycles. The highest BCUT2D eigenvalue weighted by atomic mass is 35.5. The van der Waals surface area contributed by atoms with Crippen molar-refractivity contribution in [3.05, 3.63) is 44.4 Å². The molecule has 0 atom stereocenters. The van der Waals surface area contributed by atoms with E-state index in [0.29, 0.717) is 28.7 Å². The van der Waals surface area contributed by atoms with Crippen LogP contribution >= 0.6 is 11.6 Å². The molecule has 0 aliphatic carbocycles. The SMILES string of the molecule is CCOc1c(Cl)cc(CNC(=O)c2c(C)o[nH]c2=O)cc1OC. The summed E-state index contributed by atoms with van der Waals surface area (Å²) < 4.78 is 15.5. The number of nitrogens with one attached hydrogen (secondary N) is 2. The number of aromatic amines is 1. The summed E-state index contributed by atoms with van der Waals surface area (Å²) in [7, 11) is 1.50. The van der Waals surface area contributed by atoms with Crippen molar-refractivity contribution in [1.29, 1.82) is 0 Å². The van der Waals surface area contributed by atoms with E-state index in [2.05, 4.69) is 10.5 Å². The lowest BCUT2D eigenvalue weighted by atomic mass is 10.2.